The largest absolute Gasteiger partial charge is 0.329 e. The molecule has 1 N–H and O–H groups in total. The maximum Gasteiger partial charge on any atom is 0.329 e. The SMILES string of the molecule is O=C1CSCN1C(=O)Nc1ccccc1. The number of hydrogen-bond acceptors (Lipinski definition) is 3. The van der Waals surface area contributed by atoms with E-state index in [0.717, 1.165) is 0 Å². The monoisotopic (exact) mass is 222 g/mol. The first-order valence-electron chi connectivity index (χ1n) is 4.51. The lowest BCUT2D eigenvalue weighted by atomic mass is 10.3. The van der Waals surface area contributed by atoms with Crippen molar-refractivity contribution in [3.63, 3.8) is 0 Å². The minimum atomic E-state index is -0.351. The van der Waals surface area contributed by atoms with Crippen molar-refractivity contribution < 1.29 is 9.59 Å². The predicted octanol–water partition coefficient (Wildman–Crippen LogP) is 1.75. The van der Waals surface area contributed by atoms with Gasteiger partial charge in [0, 0.05) is 5.69 Å². The van der Waals surface area contributed by atoms with Gasteiger partial charge < -0.3 is 5.32 Å². The number of hydrogen-bond donors (Lipinski definition) is 1. The van der Waals surface area contributed by atoms with Gasteiger partial charge in [0.1, 0.15) is 0 Å². The highest BCUT2D eigenvalue weighted by atomic mass is 32.2. The maximum absolute atomic E-state index is 11.6. The number of benzene rings is 1. The van der Waals surface area contributed by atoms with Crippen LogP contribution >= 0.6 is 11.8 Å². The van der Waals surface area contributed by atoms with E-state index in [1.807, 2.05) is 18.2 Å². The number of carbonyl (C=O) groups is 2. The van der Waals surface area contributed by atoms with Gasteiger partial charge in [0.2, 0.25) is 5.91 Å². The maximum atomic E-state index is 11.6. The van der Waals surface area contributed by atoms with Crippen LogP contribution in [0.3, 0.4) is 0 Å². The lowest BCUT2D eigenvalue weighted by molar-refractivity contribution is -0.123. The fourth-order valence-electron chi connectivity index (χ4n) is 1.26. The van der Waals surface area contributed by atoms with Crippen LogP contribution in [0.15, 0.2) is 30.3 Å². The highest BCUT2D eigenvalue weighted by Gasteiger charge is 2.26. The molecule has 0 atom stereocenters. The quantitative estimate of drug-likeness (QED) is 0.787. The summed E-state index contributed by atoms with van der Waals surface area (Å²) in [6.07, 6.45) is 0. The topological polar surface area (TPSA) is 49.4 Å². The molecule has 3 amide bonds. The number of urea groups is 1. The molecule has 1 aromatic carbocycles. The summed E-state index contributed by atoms with van der Waals surface area (Å²) in [5.41, 5.74) is 0.701. The molecule has 1 fully saturated rings. The minimum Gasteiger partial charge on any atom is -0.307 e. The molecule has 78 valence electrons. The van der Waals surface area contributed by atoms with Crippen LogP contribution in [0, 0.1) is 0 Å². The summed E-state index contributed by atoms with van der Waals surface area (Å²) in [6, 6.07) is 8.74. The number of nitrogens with one attached hydrogen (secondary N) is 1. The summed E-state index contributed by atoms with van der Waals surface area (Å²) >= 11 is 1.44. The molecule has 2 rings (SSSR count). The molecular formula is C10H10N2O2S. The fourth-order valence-corrected chi connectivity index (χ4v) is 2.12. The van der Waals surface area contributed by atoms with Gasteiger partial charge in [-0.2, -0.15) is 0 Å². The second-order valence-electron chi connectivity index (χ2n) is 3.10. The molecule has 4 nitrogen and oxygen atoms in total. The summed E-state index contributed by atoms with van der Waals surface area (Å²) in [7, 11) is 0. The van der Waals surface area contributed by atoms with E-state index in [0.29, 0.717) is 17.3 Å². The van der Waals surface area contributed by atoms with Gasteiger partial charge >= 0.3 is 6.03 Å². The van der Waals surface area contributed by atoms with Crippen LogP contribution in [0.25, 0.3) is 0 Å². The molecule has 15 heavy (non-hydrogen) atoms. The van der Waals surface area contributed by atoms with Crippen LogP contribution < -0.4 is 5.32 Å². The molecule has 1 aliphatic rings. The molecule has 5 heteroatoms. The Bertz CT molecular complexity index is 380. The Morgan fingerprint density at radius 3 is 2.67 bits per heavy atom. The van der Waals surface area contributed by atoms with Crippen LogP contribution in [-0.2, 0) is 4.79 Å². The summed E-state index contributed by atoms with van der Waals surface area (Å²) in [4.78, 5) is 24.1. The molecule has 1 heterocycles. The van der Waals surface area contributed by atoms with Gasteiger partial charge in [-0.3, -0.25) is 9.69 Å². The van der Waals surface area contributed by atoms with Gasteiger partial charge in [-0.15, -0.1) is 11.8 Å². The van der Waals surface area contributed by atoms with Crippen LogP contribution in [-0.4, -0.2) is 28.5 Å². The van der Waals surface area contributed by atoms with Crippen molar-refractivity contribution in [3.05, 3.63) is 30.3 Å². The number of imide groups is 1. The van der Waals surface area contributed by atoms with Crippen LogP contribution in [0.1, 0.15) is 0 Å². The number of anilines is 1. The Morgan fingerprint density at radius 1 is 1.33 bits per heavy atom. The third-order valence-corrected chi connectivity index (χ3v) is 2.91. The number of carbonyl (C=O) groups excluding carboxylic acids is 2. The first kappa shape index (κ1) is 10.0. The first-order valence-corrected chi connectivity index (χ1v) is 5.67. The molecular weight excluding hydrogens is 212 g/mol. The fraction of sp³-hybridized carbons (Fsp3) is 0.200. The molecule has 0 aromatic heterocycles. The van der Waals surface area contributed by atoms with Crippen molar-refractivity contribution in [1.29, 1.82) is 0 Å². The molecule has 0 bridgehead atoms. The summed E-state index contributed by atoms with van der Waals surface area (Å²) < 4.78 is 0. The first-order chi connectivity index (χ1) is 7.27. The van der Waals surface area contributed by atoms with Crippen molar-refractivity contribution in [3.8, 4) is 0 Å². The van der Waals surface area contributed by atoms with Crippen LogP contribution in [0.4, 0.5) is 10.5 Å². The predicted molar refractivity (Wildman–Crippen MR) is 59.6 cm³/mol. The number of rotatable bonds is 1. The molecule has 0 aliphatic carbocycles. The molecule has 1 saturated heterocycles. The second-order valence-corrected chi connectivity index (χ2v) is 4.05. The van der Waals surface area contributed by atoms with Crippen LogP contribution in [0.5, 0.6) is 0 Å². The van der Waals surface area contributed by atoms with E-state index in [1.165, 1.54) is 16.7 Å². The molecule has 0 saturated carbocycles. The minimum absolute atomic E-state index is 0.131. The standard InChI is InChI=1S/C10H10N2O2S/c13-9-6-15-7-12(9)10(14)11-8-4-2-1-3-5-8/h1-5H,6-7H2,(H,11,14). The lowest BCUT2D eigenvalue weighted by Gasteiger charge is -2.13. The van der Waals surface area contributed by atoms with E-state index in [4.69, 9.17) is 0 Å². The van der Waals surface area contributed by atoms with Crippen molar-refractivity contribution in [2.45, 2.75) is 0 Å². The van der Waals surface area contributed by atoms with Crippen molar-refractivity contribution >= 4 is 29.4 Å². The Kier molecular flexibility index (Phi) is 2.91. The third-order valence-electron chi connectivity index (χ3n) is 2.02. The zero-order valence-corrected chi connectivity index (χ0v) is 8.79. The van der Waals surface area contributed by atoms with Crippen molar-refractivity contribution in [2.75, 3.05) is 16.9 Å². The highest BCUT2D eigenvalue weighted by molar-refractivity contribution is 8.00. The third kappa shape index (κ3) is 2.30. The normalized spacial score (nSPS) is 15.5. The summed E-state index contributed by atoms with van der Waals surface area (Å²) in [5, 5.41) is 2.67. The summed E-state index contributed by atoms with van der Waals surface area (Å²) in [5.74, 6) is 0.702. The lowest BCUT2D eigenvalue weighted by Crippen LogP contribution is -2.36. The van der Waals surface area contributed by atoms with E-state index in [1.54, 1.807) is 12.1 Å². The van der Waals surface area contributed by atoms with E-state index in [-0.39, 0.29) is 11.9 Å². The van der Waals surface area contributed by atoms with Crippen LogP contribution in [0.2, 0.25) is 0 Å². The van der Waals surface area contributed by atoms with Gasteiger partial charge in [-0.1, -0.05) is 18.2 Å². The summed E-state index contributed by atoms with van der Waals surface area (Å²) in [6.45, 7) is 0. The number of nitrogens with zero attached hydrogens (tertiary/aromatic N) is 1. The average molecular weight is 222 g/mol. The highest BCUT2D eigenvalue weighted by Crippen LogP contribution is 2.16. The molecule has 0 radical (unpaired) electrons. The van der Waals surface area contributed by atoms with E-state index >= 15 is 0 Å². The van der Waals surface area contributed by atoms with Crippen molar-refractivity contribution in [1.82, 2.24) is 4.90 Å². The molecule has 0 unspecified atom stereocenters. The Labute approximate surface area is 91.6 Å². The Hall–Kier alpha value is -1.49. The Morgan fingerprint density at radius 2 is 2.07 bits per heavy atom. The van der Waals surface area contributed by atoms with E-state index < -0.39 is 0 Å². The molecule has 1 aliphatic heterocycles. The average Bonchev–Trinajstić information content (AvgIpc) is 2.66. The van der Waals surface area contributed by atoms with Gasteiger partial charge in [0.25, 0.3) is 0 Å². The number of amides is 3. The number of para-hydroxylation sites is 1. The molecule has 1 aromatic rings. The van der Waals surface area contributed by atoms with Crippen molar-refractivity contribution in [2.24, 2.45) is 0 Å². The van der Waals surface area contributed by atoms with Gasteiger partial charge in [-0.05, 0) is 12.1 Å². The van der Waals surface area contributed by atoms with E-state index in [9.17, 15) is 9.59 Å². The number of thioether (sulfide) groups is 1. The zero-order chi connectivity index (χ0) is 10.7. The molecule has 0 spiro atoms. The van der Waals surface area contributed by atoms with Gasteiger partial charge in [0.05, 0.1) is 11.6 Å². The van der Waals surface area contributed by atoms with Gasteiger partial charge in [0.15, 0.2) is 0 Å². The zero-order valence-electron chi connectivity index (χ0n) is 7.97. The second kappa shape index (κ2) is 4.35. The Balaban J connectivity index is 2.01. The van der Waals surface area contributed by atoms with Gasteiger partial charge in [-0.25, -0.2) is 4.79 Å². The van der Waals surface area contributed by atoms with E-state index in [2.05, 4.69) is 5.32 Å². The smallest absolute Gasteiger partial charge is 0.307 e.